The van der Waals surface area contributed by atoms with Crippen molar-refractivity contribution in [3.63, 3.8) is 0 Å². The summed E-state index contributed by atoms with van der Waals surface area (Å²) in [6.45, 7) is 4.74. The summed E-state index contributed by atoms with van der Waals surface area (Å²) in [5.74, 6) is 0. The highest BCUT2D eigenvalue weighted by atomic mass is 16.3. The molecule has 12 rings (SSSR count). The number of para-hydroxylation sites is 3. The standard InChI is InChI=1S/C53H35NO2/c1-53(2)42-29-28-35(34-27-26-32-14-6-7-15-33(32)30-34)31-41(42)49-50(53)38-19-9-8-18-37(38)47-40-21-12-23-44(51(40)56-52(47)49)54(36-16-4-3-5-17-36)43-22-13-25-46-48(43)39-20-10-11-24-45(39)55-46/h3-31H,1-2H3. The first-order valence-electron chi connectivity index (χ1n) is 19.3. The number of fused-ring (bicyclic) bond motifs is 14. The van der Waals surface area contributed by atoms with Crippen molar-refractivity contribution >= 4 is 82.5 Å². The fourth-order valence-corrected chi connectivity index (χ4v) is 9.70. The summed E-state index contributed by atoms with van der Waals surface area (Å²) in [6, 6.07) is 63.2. The normalized spacial score (nSPS) is 13.3. The third-order valence-electron chi connectivity index (χ3n) is 12.2. The third-order valence-corrected chi connectivity index (χ3v) is 12.2. The second-order valence-corrected chi connectivity index (χ2v) is 15.6. The number of hydrogen-bond donors (Lipinski definition) is 0. The van der Waals surface area contributed by atoms with Gasteiger partial charge in [0.05, 0.1) is 16.8 Å². The van der Waals surface area contributed by atoms with Gasteiger partial charge in [0.15, 0.2) is 5.58 Å². The van der Waals surface area contributed by atoms with Crippen LogP contribution in [0.4, 0.5) is 17.1 Å². The van der Waals surface area contributed by atoms with Crippen LogP contribution in [0.3, 0.4) is 0 Å². The van der Waals surface area contributed by atoms with Crippen molar-refractivity contribution in [3.05, 3.63) is 187 Å². The maximum atomic E-state index is 7.43. The number of anilines is 3. The van der Waals surface area contributed by atoms with Gasteiger partial charge in [0.25, 0.3) is 0 Å². The molecule has 0 fully saturated rings. The molecule has 0 saturated carbocycles. The minimum absolute atomic E-state index is 0.240. The SMILES string of the molecule is CC1(C)c2ccc(-c3ccc4ccccc4c3)cc2-c2c1c1ccccc1c1c2oc2c(N(c3ccccc3)c3cccc4oc5ccccc5c34)cccc21. The van der Waals surface area contributed by atoms with Gasteiger partial charge in [-0.15, -0.1) is 0 Å². The van der Waals surface area contributed by atoms with Gasteiger partial charge in [-0.2, -0.15) is 0 Å². The minimum atomic E-state index is -0.240. The van der Waals surface area contributed by atoms with Gasteiger partial charge in [0.2, 0.25) is 0 Å². The number of rotatable bonds is 4. The average molecular weight is 718 g/mol. The Balaban J connectivity index is 1.17. The first-order valence-corrected chi connectivity index (χ1v) is 19.3. The molecule has 56 heavy (non-hydrogen) atoms. The fourth-order valence-electron chi connectivity index (χ4n) is 9.70. The zero-order chi connectivity index (χ0) is 37.1. The molecule has 0 atom stereocenters. The Morgan fingerprint density at radius 3 is 1.98 bits per heavy atom. The summed E-state index contributed by atoms with van der Waals surface area (Å²) >= 11 is 0. The number of hydrogen-bond acceptors (Lipinski definition) is 3. The van der Waals surface area contributed by atoms with Gasteiger partial charge in [-0.05, 0) is 97.9 Å². The van der Waals surface area contributed by atoms with Crippen LogP contribution in [0, 0.1) is 0 Å². The molecule has 0 N–H and O–H groups in total. The van der Waals surface area contributed by atoms with Crippen molar-refractivity contribution in [3.8, 4) is 22.3 Å². The molecule has 1 aliphatic carbocycles. The Bertz CT molecular complexity index is 3400. The molecule has 0 aliphatic heterocycles. The topological polar surface area (TPSA) is 29.5 Å². The molecule has 0 amide bonds. The van der Waals surface area contributed by atoms with Crippen LogP contribution in [0.15, 0.2) is 185 Å². The van der Waals surface area contributed by atoms with Gasteiger partial charge in [-0.25, -0.2) is 0 Å². The van der Waals surface area contributed by atoms with E-state index in [0.717, 1.165) is 60.9 Å². The van der Waals surface area contributed by atoms with Crippen LogP contribution in [0.5, 0.6) is 0 Å². The molecule has 1 aliphatic rings. The average Bonchev–Trinajstić information content (AvgIpc) is 3.90. The van der Waals surface area contributed by atoms with Gasteiger partial charge in [0.1, 0.15) is 16.7 Å². The maximum absolute atomic E-state index is 7.43. The zero-order valence-electron chi connectivity index (χ0n) is 31.0. The fraction of sp³-hybridized carbons (Fsp3) is 0.0566. The molecule has 264 valence electrons. The van der Waals surface area contributed by atoms with E-state index in [0.29, 0.717) is 0 Å². The molecule has 0 radical (unpaired) electrons. The molecule has 0 unspecified atom stereocenters. The van der Waals surface area contributed by atoms with Crippen LogP contribution in [0.2, 0.25) is 0 Å². The molecule has 3 heteroatoms. The first-order chi connectivity index (χ1) is 27.5. The Labute approximate surface area is 323 Å². The number of benzene rings is 9. The molecule has 2 aromatic heterocycles. The highest BCUT2D eigenvalue weighted by Gasteiger charge is 2.40. The van der Waals surface area contributed by atoms with E-state index in [1.165, 1.54) is 54.9 Å². The van der Waals surface area contributed by atoms with Crippen LogP contribution < -0.4 is 4.90 Å². The van der Waals surface area contributed by atoms with Crippen LogP contribution in [-0.2, 0) is 5.41 Å². The van der Waals surface area contributed by atoms with E-state index in [-0.39, 0.29) is 5.41 Å². The lowest BCUT2D eigenvalue weighted by Crippen LogP contribution is -2.15. The van der Waals surface area contributed by atoms with E-state index in [9.17, 15) is 0 Å². The first kappa shape index (κ1) is 31.3. The summed E-state index contributed by atoms with van der Waals surface area (Å²) in [6.07, 6.45) is 0. The molecule has 0 saturated heterocycles. The Hall–Kier alpha value is -7.10. The van der Waals surface area contributed by atoms with Crippen molar-refractivity contribution in [1.82, 2.24) is 0 Å². The highest BCUT2D eigenvalue weighted by molar-refractivity contribution is 6.27. The van der Waals surface area contributed by atoms with E-state index in [1.807, 2.05) is 12.1 Å². The second-order valence-electron chi connectivity index (χ2n) is 15.6. The van der Waals surface area contributed by atoms with Gasteiger partial charge < -0.3 is 13.7 Å². The van der Waals surface area contributed by atoms with Crippen LogP contribution in [-0.4, -0.2) is 0 Å². The molecular weight excluding hydrogens is 683 g/mol. The van der Waals surface area contributed by atoms with E-state index in [4.69, 9.17) is 8.83 Å². The van der Waals surface area contributed by atoms with E-state index in [1.54, 1.807) is 0 Å². The van der Waals surface area contributed by atoms with Crippen LogP contribution in [0.25, 0.3) is 87.7 Å². The van der Waals surface area contributed by atoms with Gasteiger partial charge >= 0.3 is 0 Å². The highest BCUT2D eigenvalue weighted by Crippen LogP contribution is 2.57. The Kier molecular flexibility index (Phi) is 6.40. The molecule has 0 spiro atoms. The van der Waals surface area contributed by atoms with Gasteiger partial charge in [-0.3, -0.25) is 0 Å². The van der Waals surface area contributed by atoms with Gasteiger partial charge in [-0.1, -0.05) is 141 Å². The Morgan fingerprint density at radius 1 is 0.446 bits per heavy atom. The van der Waals surface area contributed by atoms with E-state index in [2.05, 4.69) is 183 Å². The van der Waals surface area contributed by atoms with Crippen LogP contribution >= 0.6 is 0 Å². The summed E-state index contributed by atoms with van der Waals surface area (Å²) in [5.41, 5.74) is 13.8. The van der Waals surface area contributed by atoms with Crippen molar-refractivity contribution in [2.24, 2.45) is 0 Å². The van der Waals surface area contributed by atoms with Crippen molar-refractivity contribution in [2.75, 3.05) is 4.90 Å². The smallest absolute Gasteiger partial charge is 0.159 e. The molecule has 0 bridgehead atoms. The number of furan rings is 2. The summed E-state index contributed by atoms with van der Waals surface area (Å²) in [4.78, 5) is 2.34. The lowest BCUT2D eigenvalue weighted by molar-refractivity contribution is 0.658. The predicted molar refractivity (Wildman–Crippen MR) is 234 cm³/mol. The van der Waals surface area contributed by atoms with Crippen molar-refractivity contribution in [1.29, 1.82) is 0 Å². The van der Waals surface area contributed by atoms with Gasteiger partial charge in [0, 0.05) is 32.8 Å². The summed E-state index contributed by atoms with van der Waals surface area (Å²) in [5, 5.41) is 9.37. The van der Waals surface area contributed by atoms with Crippen molar-refractivity contribution in [2.45, 2.75) is 19.3 Å². The molecular formula is C53H35NO2. The minimum Gasteiger partial charge on any atom is -0.456 e. The number of nitrogens with zero attached hydrogens (tertiary/aromatic N) is 1. The molecule has 9 aromatic carbocycles. The lowest BCUT2D eigenvalue weighted by atomic mass is 9.79. The lowest BCUT2D eigenvalue weighted by Gasteiger charge is -2.26. The zero-order valence-corrected chi connectivity index (χ0v) is 31.0. The second kappa shape index (κ2) is 11.5. The monoisotopic (exact) mass is 717 g/mol. The van der Waals surface area contributed by atoms with Crippen LogP contribution in [0.1, 0.15) is 25.0 Å². The Morgan fingerprint density at radius 2 is 1.11 bits per heavy atom. The van der Waals surface area contributed by atoms with Crippen molar-refractivity contribution < 1.29 is 8.83 Å². The largest absolute Gasteiger partial charge is 0.456 e. The molecule has 2 heterocycles. The maximum Gasteiger partial charge on any atom is 0.159 e. The van der Waals surface area contributed by atoms with E-state index < -0.39 is 0 Å². The third kappa shape index (κ3) is 4.28. The summed E-state index contributed by atoms with van der Waals surface area (Å²) < 4.78 is 13.8. The summed E-state index contributed by atoms with van der Waals surface area (Å²) in [7, 11) is 0. The molecule has 3 nitrogen and oxygen atoms in total. The van der Waals surface area contributed by atoms with E-state index >= 15 is 0 Å². The molecule has 11 aromatic rings. The quantitative estimate of drug-likeness (QED) is 0.182. The predicted octanol–water partition coefficient (Wildman–Crippen LogP) is 15.2.